The van der Waals surface area contributed by atoms with E-state index in [1.807, 2.05) is 24.3 Å². The first-order chi connectivity index (χ1) is 11.3. The highest BCUT2D eigenvalue weighted by molar-refractivity contribution is 7.09. The van der Waals surface area contributed by atoms with Crippen LogP contribution in [0.4, 0.5) is 0 Å². The van der Waals surface area contributed by atoms with Crippen LogP contribution in [0.25, 0.3) is 0 Å². The van der Waals surface area contributed by atoms with Gasteiger partial charge in [0, 0.05) is 24.5 Å². The van der Waals surface area contributed by atoms with E-state index in [-0.39, 0.29) is 18.7 Å². The van der Waals surface area contributed by atoms with Crippen LogP contribution in [0.15, 0.2) is 35.7 Å². The number of fused-ring (bicyclic) bond motifs is 1. The lowest BCUT2D eigenvalue weighted by Gasteiger charge is -2.06. The van der Waals surface area contributed by atoms with E-state index in [9.17, 15) is 4.79 Å². The molecule has 6 heteroatoms. The van der Waals surface area contributed by atoms with Gasteiger partial charge in [0.1, 0.15) is 6.04 Å². The topological polar surface area (TPSA) is 50.6 Å². The van der Waals surface area contributed by atoms with Crippen molar-refractivity contribution in [3.63, 3.8) is 0 Å². The first kappa shape index (κ1) is 14.5. The maximum Gasteiger partial charge on any atom is 0.238 e. The predicted molar refractivity (Wildman–Crippen MR) is 87.8 cm³/mol. The van der Waals surface area contributed by atoms with Crippen LogP contribution in [0, 0.1) is 0 Å². The van der Waals surface area contributed by atoms with E-state index in [0.29, 0.717) is 6.54 Å². The number of amides is 1. The SMILES string of the molecule is O=C(NCCc1cccs1)C1CN1Cc1ccc2c(c1)OCO2. The molecular weight excluding hydrogens is 312 g/mol. The molecule has 2 aromatic rings. The Morgan fingerprint density at radius 1 is 1.30 bits per heavy atom. The van der Waals surface area contributed by atoms with Crippen LogP contribution in [0.2, 0.25) is 0 Å². The average Bonchev–Trinajstić information content (AvgIpc) is 2.96. The Labute approximate surface area is 138 Å². The van der Waals surface area contributed by atoms with Crippen LogP contribution in [0.1, 0.15) is 10.4 Å². The van der Waals surface area contributed by atoms with E-state index in [4.69, 9.17) is 9.47 Å². The largest absolute Gasteiger partial charge is 0.454 e. The van der Waals surface area contributed by atoms with Gasteiger partial charge < -0.3 is 14.8 Å². The molecule has 2 atom stereocenters. The lowest BCUT2D eigenvalue weighted by atomic mass is 10.2. The number of hydrogen-bond donors (Lipinski definition) is 1. The molecule has 1 saturated heterocycles. The molecule has 1 fully saturated rings. The average molecular weight is 330 g/mol. The summed E-state index contributed by atoms with van der Waals surface area (Å²) >= 11 is 1.73. The van der Waals surface area contributed by atoms with Crippen molar-refractivity contribution in [3.8, 4) is 11.5 Å². The van der Waals surface area contributed by atoms with Crippen LogP contribution < -0.4 is 14.8 Å². The molecule has 0 radical (unpaired) electrons. The second-order valence-corrected chi connectivity index (χ2v) is 6.79. The van der Waals surface area contributed by atoms with Gasteiger partial charge in [-0.2, -0.15) is 0 Å². The van der Waals surface area contributed by atoms with Gasteiger partial charge >= 0.3 is 0 Å². The van der Waals surface area contributed by atoms with Gasteiger partial charge in [0.15, 0.2) is 11.5 Å². The molecule has 5 nitrogen and oxygen atoms in total. The summed E-state index contributed by atoms with van der Waals surface area (Å²) in [5.41, 5.74) is 1.14. The maximum atomic E-state index is 12.1. The summed E-state index contributed by atoms with van der Waals surface area (Å²) in [5.74, 6) is 1.71. The molecule has 2 aliphatic rings. The van der Waals surface area contributed by atoms with E-state index < -0.39 is 0 Å². The van der Waals surface area contributed by atoms with Crippen molar-refractivity contribution in [2.24, 2.45) is 0 Å². The van der Waals surface area contributed by atoms with Crippen LogP contribution in [0.5, 0.6) is 11.5 Å². The molecule has 3 heterocycles. The van der Waals surface area contributed by atoms with Gasteiger partial charge in [-0.1, -0.05) is 12.1 Å². The van der Waals surface area contributed by atoms with Crippen molar-refractivity contribution >= 4 is 17.2 Å². The molecule has 0 bridgehead atoms. The molecule has 0 aliphatic carbocycles. The first-order valence-corrected chi connectivity index (χ1v) is 8.60. The number of thiophene rings is 1. The molecule has 1 aromatic heterocycles. The van der Waals surface area contributed by atoms with Crippen molar-refractivity contribution in [2.75, 3.05) is 19.9 Å². The summed E-state index contributed by atoms with van der Waals surface area (Å²) in [5, 5.41) is 5.08. The van der Waals surface area contributed by atoms with Gasteiger partial charge in [0.25, 0.3) is 0 Å². The summed E-state index contributed by atoms with van der Waals surface area (Å²) in [4.78, 5) is 15.6. The van der Waals surface area contributed by atoms with Crippen molar-refractivity contribution in [2.45, 2.75) is 19.0 Å². The molecule has 1 N–H and O–H groups in total. The summed E-state index contributed by atoms with van der Waals surface area (Å²) in [6, 6.07) is 10.1. The summed E-state index contributed by atoms with van der Waals surface area (Å²) in [7, 11) is 0. The molecule has 2 unspecified atom stereocenters. The molecule has 0 saturated carbocycles. The Morgan fingerprint density at radius 2 is 2.22 bits per heavy atom. The fourth-order valence-electron chi connectivity index (χ4n) is 2.75. The number of nitrogens with one attached hydrogen (secondary N) is 1. The van der Waals surface area contributed by atoms with Crippen molar-refractivity contribution in [1.82, 2.24) is 10.2 Å². The highest BCUT2D eigenvalue weighted by Crippen LogP contribution is 2.33. The first-order valence-electron chi connectivity index (χ1n) is 7.72. The minimum Gasteiger partial charge on any atom is -0.454 e. The molecule has 1 amide bonds. The number of benzene rings is 1. The molecule has 0 spiro atoms. The molecule has 2 aliphatic heterocycles. The lowest BCUT2D eigenvalue weighted by Crippen LogP contribution is -2.31. The zero-order valence-corrected chi connectivity index (χ0v) is 13.5. The standard InChI is InChI=1S/C17H18N2O3S/c20-17(18-6-5-13-2-1-7-23-13)14-10-19(14)9-12-3-4-15-16(8-12)22-11-21-15/h1-4,7-8,14H,5-6,9-11H2,(H,18,20). The summed E-state index contributed by atoms with van der Waals surface area (Å²) in [6.45, 7) is 2.57. The third kappa shape index (κ3) is 3.33. The van der Waals surface area contributed by atoms with Gasteiger partial charge in [0.2, 0.25) is 12.7 Å². The minimum absolute atomic E-state index is 0.00348. The van der Waals surface area contributed by atoms with Gasteiger partial charge in [-0.05, 0) is 35.6 Å². The highest BCUT2D eigenvalue weighted by atomic mass is 32.1. The monoisotopic (exact) mass is 330 g/mol. The summed E-state index contributed by atoms with van der Waals surface area (Å²) < 4.78 is 10.7. The van der Waals surface area contributed by atoms with E-state index in [2.05, 4.69) is 21.7 Å². The van der Waals surface area contributed by atoms with Crippen LogP contribution in [-0.2, 0) is 17.8 Å². The van der Waals surface area contributed by atoms with Crippen molar-refractivity contribution in [3.05, 3.63) is 46.2 Å². The normalized spacial score (nSPS) is 21.2. The molecule has 4 rings (SSSR count). The Bertz CT molecular complexity index is 702. The number of hydrogen-bond acceptors (Lipinski definition) is 5. The van der Waals surface area contributed by atoms with Gasteiger partial charge in [-0.15, -0.1) is 11.3 Å². The fourth-order valence-corrected chi connectivity index (χ4v) is 3.46. The third-order valence-electron chi connectivity index (χ3n) is 4.09. The predicted octanol–water partition coefficient (Wildman–Crippen LogP) is 2.02. The molecule has 1 aromatic carbocycles. The second kappa shape index (κ2) is 6.22. The fraction of sp³-hybridized carbons (Fsp3) is 0.353. The number of ether oxygens (including phenoxy) is 2. The molecular formula is C17H18N2O3S. The Hall–Kier alpha value is -2.05. The lowest BCUT2D eigenvalue weighted by molar-refractivity contribution is -0.121. The third-order valence-corrected chi connectivity index (χ3v) is 5.03. The van der Waals surface area contributed by atoms with E-state index in [0.717, 1.165) is 36.6 Å². The van der Waals surface area contributed by atoms with Gasteiger partial charge in [-0.3, -0.25) is 9.69 Å². The summed E-state index contributed by atoms with van der Waals surface area (Å²) in [6.07, 6.45) is 0.901. The number of carbonyl (C=O) groups excluding carboxylic acids is 1. The van der Waals surface area contributed by atoms with Crippen LogP contribution in [0.3, 0.4) is 0 Å². The quantitative estimate of drug-likeness (QED) is 0.824. The van der Waals surface area contributed by atoms with Crippen molar-refractivity contribution < 1.29 is 14.3 Å². The van der Waals surface area contributed by atoms with Gasteiger partial charge in [0.05, 0.1) is 0 Å². The van der Waals surface area contributed by atoms with Crippen LogP contribution >= 0.6 is 11.3 Å². The van der Waals surface area contributed by atoms with Crippen molar-refractivity contribution in [1.29, 1.82) is 0 Å². The van der Waals surface area contributed by atoms with Gasteiger partial charge in [-0.25, -0.2) is 0 Å². The second-order valence-electron chi connectivity index (χ2n) is 5.75. The zero-order chi connectivity index (χ0) is 15.6. The Kier molecular flexibility index (Phi) is 3.93. The number of rotatable bonds is 6. The number of carbonyl (C=O) groups is 1. The molecule has 23 heavy (non-hydrogen) atoms. The zero-order valence-electron chi connectivity index (χ0n) is 12.7. The van der Waals surface area contributed by atoms with E-state index in [1.165, 1.54) is 4.88 Å². The minimum atomic E-state index is 0.00348. The smallest absolute Gasteiger partial charge is 0.238 e. The maximum absolute atomic E-state index is 12.1. The van der Waals surface area contributed by atoms with E-state index in [1.54, 1.807) is 11.3 Å². The molecule has 120 valence electrons. The Balaban J connectivity index is 1.24. The van der Waals surface area contributed by atoms with E-state index >= 15 is 0 Å². The highest BCUT2D eigenvalue weighted by Gasteiger charge is 2.39. The number of nitrogens with zero attached hydrogens (tertiary/aromatic N) is 1. The Morgan fingerprint density at radius 3 is 3.09 bits per heavy atom. The van der Waals surface area contributed by atoms with Crippen LogP contribution in [-0.4, -0.2) is 36.7 Å².